The SMILES string of the molecule is NS(=O)(=O)c1cc(NC(=O)Cc2ccccc2Cl)cc2nn(Cc3ccc(=O)[nH]c3)cc12. The standard InChI is InChI=1S/C21H18ClN5O4S/c22-17-4-2-1-3-14(17)7-21(29)25-15-8-18-16(19(9-15)32(23,30)31)12-27(26-18)11-13-5-6-20(28)24-10-13/h1-6,8-10,12H,7,11H2,(H,24,28)(H,25,29)(H2,23,30,31). The molecule has 0 fully saturated rings. The Morgan fingerprint density at radius 2 is 1.97 bits per heavy atom. The van der Waals surface area contributed by atoms with Gasteiger partial charge in [-0.05, 0) is 29.3 Å². The van der Waals surface area contributed by atoms with Crippen molar-refractivity contribution in [2.45, 2.75) is 17.9 Å². The fourth-order valence-electron chi connectivity index (χ4n) is 3.28. The van der Waals surface area contributed by atoms with Crippen molar-refractivity contribution >= 4 is 44.1 Å². The Bertz CT molecular complexity index is 1470. The molecule has 4 N–H and O–H groups in total. The van der Waals surface area contributed by atoms with E-state index in [1.54, 1.807) is 48.8 Å². The first-order chi connectivity index (χ1) is 15.2. The van der Waals surface area contributed by atoms with Crippen molar-refractivity contribution in [3.05, 3.63) is 87.4 Å². The van der Waals surface area contributed by atoms with Crippen LogP contribution in [0, 0.1) is 0 Å². The fraction of sp³-hybridized carbons (Fsp3) is 0.0952. The number of amides is 1. The number of nitrogens with two attached hydrogens (primary N) is 1. The van der Waals surface area contributed by atoms with Crippen LogP contribution in [-0.4, -0.2) is 29.1 Å². The minimum atomic E-state index is -4.09. The van der Waals surface area contributed by atoms with E-state index < -0.39 is 10.0 Å². The van der Waals surface area contributed by atoms with Crippen LogP contribution in [-0.2, 0) is 27.8 Å². The Balaban J connectivity index is 1.66. The zero-order valence-electron chi connectivity index (χ0n) is 16.6. The Kier molecular flexibility index (Phi) is 5.83. The van der Waals surface area contributed by atoms with E-state index in [4.69, 9.17) is 16.7 Å². The molecule has 0 bridgehead atoms. The number of fused-ring (bicyclic) bond motifs is 1. The number of aromatic amines is 1. The number of halogens is 1. The smallest absolute Gasteiger partial charge is 0.247 e. The number of nitrogens with zero attached hydrogens (tertiary/aromatic N) is 2. The third kappa shape index (κ3) is 4.88. The van der Waals surface area contributed by atoms with E-state index in [1.807, 2.05) is 0 Å². The predicted octanol–water partition coefficient (Wildman–Crippen LogP) is 2.25. The van der Waals surface area contributed by atoms with Crippen LogP contribution < -0.4 is 16.0 Å². The Morgan fingerprint density at radius 3 is 2.66 bits per heavy atom. The molecule has 0 aliphatic rings. The largest absolute Gasteiger partial charge is 0.329 e. The van der Waals surface area contributed by atoms with E-state index in [0.717, 1.165) is 5.56 Å². The minimum absolute atomic E-state index is 0.0169. The van der Waals surface area contributed by atoms with Crippen molar-refractivity contribution in [3.63, 3.8) is 0 Å². The number of anilines is 1. The molecule has 32 heavy (non-hydrogen) atoms. The van der Waals surface area contributed by atoms with Crippen LogP contribution in [0.5, 0.6) is 0 Å². The van der Waals surface area contributed by atoms with Gasteiger partial charge < -0.3 is 10.3 Å². The van der Waals surface area contributed by atoms with Crippen LogP contribution in [0.15, 0.2) is 70.6 Å². The second-order valence-corrected chi connectivity index (χ2v) is 9.09. The van der Waals surface area contributed by atoms with E-state index in [2.05, 4.69) is 15.4 Å². The molecule has 0 atom stereocenters. The molecule has 164 valence electrons. The van der Waals surface area contributed by atoms with Gasteiger partial charge >= 0.3 is 0 Å². The number of carbonyl (C=O) groups is 1. The van der Waals surface area contributed by atoms with Crippen molar-refractivity contribution in [2.75, 3.05) is 5.32 Å². The van der Waals surface area contributed by atoms with Crippen LogP contribution in [0.3, 0.4) is 0 Å². The topological polar surface area (TPSA) is 140 Å². The Hall–Kier alpha value is -3.47. The summed E-state index contributed by atoms with van der Waals surface area (Å²) in [7, 11) is -4.09. The number of sulfonamides is 1. The molecular weight excluding hydrogens is 454 g/mol. The van der Waals surface area contributed by atoms with Gasteiger partial charge in [-0.2, -0.15) is 5.10 Å². The lowest BCUT2D eigenvalue weighted by Gasteiger charge is -2.08. The highest BCUT2D eigenvalue weighted by atomic mass is 35.5. The molecule has 0 saturated carbocycles. The van der Waals surface area contributed by atoms with Crippen LogP contribution in [0.2, 0.25) is 5.02 Å². The predicted molar refractivity (Wildman–Crippen MR) is 121 cm³/mol. The number of carbonyl (C=O) groups excluding carboxylic acids is 1. The van der Waals surface area contributed by atoms with E-state index in [9.17, 15) is 18.0 Å². The van der Waals surface area contributed by atoms with E-state index in [-0.39, 0.29) is 28.5 Å². The molecule has 4 rings (SSSR count). The molecule has 11 heteroatoms. The molecule has 4 aromatic rings. The average Bonchev–Trinajstić information content (AvgIpc) is 3.12. The molecule has 2 heterocycles. The van der Waals surface area contributed by atoms with Crippen molar-refractivity contribution in [2.24, 2.45) is 5.14 Å². The summed E-state index contributed by atoms with van der Waals surface area (Å²) in [5.41, 5.74) is 1.77. The molecule has 0 spiro atoms. The number of hydrogen-bond acceptors (Lipinski definition) is 5. The highest BCUT2D eigenvalue weighted by Crippen LogP contribution is 2.27. The first-order valence-electron chi connectivity index (χ1n) is 9.44. The third-order valence-corrected chi connectivity index (χ3v) is 6.05. The summed E-state index contributed by atoms with van der Waals surface area (Å²) in [6.45, 7) is 0.295. The maximum atomic E-state index is 12.5. The van der Waals surface area contributed by atoms with Crippen LogP contribution in [0.1, 0.15) is 11.1 Å². The Morgan fingerprint density at radius 1 is 1.19 bits per heavy atom. The van der Waals surface area contributed by atoms with Gasteiger partial charge in [0.2, 0.25) is 21.5 Å². The number of primary sulfonamides is 1. The molecule has 2 aromatic heterocycles. The zero-order valence-corrected chi connectivity index (χ0v) is 18.2. The van der Waals surface area contributed by atoms with Gasteiger partial charge in [0.1, 0.15) is 0 Å². The van der Waals surface area contributed by atoms with Crippen LogP contribution in [0.4, 0.5) is 5.69 Å². The van der Waals surface area contributed by atoms with Gasteiger partial charge in [-0.15, -0.1) is 0 Å². The van der Waals surface area contributed by atoms with Crippen molar-refractivity contribution in [3.8, 4) is 0 Å². The van der Waals surface area contributed by atoms with Crippen LogP contribution >= 0.6 is 11.6 Å². The maximum Gasteiger partial charge on any atom is 0.247 e. The first kappa shape index (κ1) is 21.8. The molecule has 2 aromatic carbocycles. The molecule has 0 saturated heterocycles. The molecule has 0 radical (unpaired) electrons. The van der Waals surface area contributed by atoms with Crippen molar-refractivity contribution < 1.29 is 13.2 Å². The normalized spacial score (nSPS) is 11.6. The lowest BCUT2D eigenvalue weighted by atomic mass is 10.1. The summed E-state index contributed by atoms with van der Waals surface area (Å²) < 4.78 is 25.9. The summed E-state index contributed by atoms with van der Waals surface area (Å²) in [6.07, 6.45) is 3.12. The van der Waals surface area contributed by atoms with E-state index >= 15 is 0 Å². The number of pyridine rings is 1. The van der Waals surface area contributed by atoms with Crippen molar-refractivity contribution in [1.29, 1.82) is 0 Å². The van der Waals surface area contributed by atoms with E-state index in [0.29, 0.717) is 28.0 Å². The summed E-state index contributed by atoms with van der Waals surface area (Å²) in [4.78, 5) is 26.1. The highest BCUT2D eigenvalue weighted by molar-refractivity contribution is 7.89. The number of rotatable bonds is 6. The van der Waals surface area contributed by atoms with Gasteiger partial charge in [-0.1, -0.05) is 35.9 Å². The summed E-state index contributed by atoms with van der Waals surface area (Å²) in [5.74, 6) is -0.370. The number of aromatic nitrogens is 3. The lowest BCUT2D eigenvalue weighted by Crippen LogP contribution is -2.16. The summed E-state index contributed by atoms with van der Waals surface area (Å²) in [5, 5.41) is 13.3. The van der Waals surface area contributed by atoms with Crippen LogP contribution in [0.25, 0.3) is 10.9 Å². The summed E-state index contributed by atoms with van der Waals surface area (Å²) in [6, 6.07) is 12.9. The van der Waals surface area contributed by atoms with Gasteiger partial charge in [-0.25, -0.2) is 13.6 Å². The lowest BCUT2D eigenvalue weighted by molar-refractivity contribution is -0.115. The molecule has 9 nitrogen and oxygen atoms in total. The Labute approximate surface area is 187 Å². The van der Waals surface area contributed by atoms with Gasteiger partial charge in [-0.3, -0.25) is 14.3 Å². The number of benzene rings is 2. The first-order valence-corrected chi connectivity index (χ1v) is 11.4. The molecule has 1 amide bonds. The van der Waals surface area contributed by atoms with Gasteiger partial charge in [0.15, 0.2) is 0 Å². The molecule has 0 aliphatic heterocycles. The quantitative estimate of drug-likeness (QED) is 0.395. The number of nitrogens with one attached hydrogen (secondary N) is 2. The number of hydrogen-bond donors (Lipinski definition) is 3. The second kappa shape index (κ2) is 8.58. The van der Waals surface area contributed by atoms with Crippen molar-refractivity contribution in [1.82, 2.24) is 14.8 Å². The summed E-state index contributed by atoms with van der Waals surface area (Å²) >= 11 is 6.10. The monoisotopic (exact) mass is 471 g/mol. The highest BCUT2D eigenvalue weighted by Gasteiger charge is 2.18. The average molecular weight is 472 g/mol. The molecule has 0 aliphatic carbocycles. The molecular formula is C21H18ClN5O4S. The fourth-order valence-corrected chi connectivity index (χ4v) is 4.23. The minimum Gasteiger partial charge on any atom is -0.329 e. The molecule has 0 unspecified atom stereocenters. The second-order valence-electron chi connectivity index (χ2n) is 7.16. The van der Waals surface area contributed by atoms with E-state index in [1.165, 1.54) is 16.8 Å². The van der Waals surface area contributed by atoms with Gasteiger partial charge in [0.05, 0.1) is 23.4 Å². The third-order valence-electron chi connectivity index (χ3n) is 4.73. The number of H-pyrrole nitrogens is 1. The maximum absolute atomic E-state index is 12.5. The van der Waals surface area contributed by atoms with Gasteiger partial charge in [0.25, 0.3) is 0 Å². The van der Waals surface area contributed by atoms with Gasteiger partial charge in [0, 0.05) is 34.6 Å². The zero-order chi connectivity index (χ0) is 22.9.